The molecule has 4 rings (SSSR count). The van der Waals surface area contributed by atoms with Crippen molar-refractivity contribution in [3.63, 3.8) is 0 Å². The molecular formula is C21H19N3OS. The molecule has 5 heteroatoms. The smallest absolute Gasteiger partial charge is 0.177 e. The standard InChI is InChI=1S/C21H19N3OS/c1-3-14-10-18(23-12-15-6-5-9-26-15)21-20(24-14)16(4-2)19(25-21)11-17(22)13-7-8-13/h1-2,5-6,9-10,13,17H,7-8,11-12,22H2,(H,23,24)/t17-/m1/s1. The van der Waals surface area contributed by atoms with Gasteiger partial charge in [-0.05, 0) is 36.3 Å². The molecule has 0 amide bonds. The van der Waals surface area contributed by atoms with Gasteiger partial charge in [0.1, 0.15) is 17.0 Å². The van der Waals surface area contributed by atoms with E-state index < -0.39 is 0 Å². The summed E-state index contributed by atoms with van der Waals surface area (Å²) in [6.45, 7) is 0.684. The molecule has 130 valence electrons. The lowest BCUT2D eigenvalue weighted by atomic mass is 10.1. The van der Waals surface area contributed by atoms with E-state index in [0.29, 0.717) is 41.2 Å². The number of terminal acetylenes is 2. The third kappa shape index (κ3) is 3.20. The van der Waals surface area contributed by atoms with Crippen LogP contribution in [0.1, 0.15) is 34.7 Å². The molecule has 1 atom stereocenters. The Morgan fingerprint density at radius 2 is 2.23 bits per heavy atom. The fourth-order valence-electron chi connectivity index (χ4n) is 3.11. The Morgan fingerprint density at radius 3 is 2.88 bits per heavy atom. The SMILES string of the molecule is C#Cc1cc(NCc2cccs2)c2oc(C[C@@H](N)C3CC3)c(C#C)c2n1. The number of nitrogens with one attached hydrogen (secondary N) is 1. The van der Waals surface area contributed by atoms with Gasteiger partial charge in [-0.2, -0.15) is 0 Å². The number of pyridine rings is 1. The third-order valence-corrected chi connectivity index (χ3v) is 5.56. The van der Waals surface area contributed by atoms with Gasteiger partial charge >= 0.3 is 0 Å². The molecule has 3 aromatic rings. The summed E-state index contributed by atoms with van der Waals surface area (Å²) in [5.41, 5.74) is 9.55. The van der Waals surface area contributed by atoms with E-state index in [0.717, 1.165) is 11.4 Å². The van der Waals surface area contributed by atoms with E-state index in [1.807, 2.05) is 17.5 Å². The summed E-state index contributed by atoms with van der Waals surface area (Å²) in [4.78, 5) is 5.73. The second kappa shape index (κ2) is 6.88. The molecule has 0 unspecified atom stereocenters. The highest BCUT2D eigenvalue weighted by Gasteiger charge is 2.30. The molecule has 1 aliphatic carbocycles. The second-order valence-electron chi connectivity index (χ2n) is 6.56. The largest absolute Gasteiger partial charge is 0.456 e. The zero-order valence-electron chi connectivity index (χ0n) is 14.3. The number of nitrogens with two attached hydrogens (primary N) is 1. The fraction of sp³-hybridized carbons (Fsp3) is 0.286. The molecule has 1 aliphatic rings. The molecule has 3 aromatic heterocycles. The second-order valence-corrected chi connectivity index (χ2v) is 7.59. The van der Waals surface area contributed by atoms with Gasteiger partial charge in [0.25, 0.3) is 0 Å². The average molecular weight is 361 g/mol. The first-order chi connectivity index (χ1) is 12.7. The van der Waals surface area contributed by atoms with E-state index in [4.69, 9.17) is 23.0 Å². The van der Waals surface area contributed by atoms with Gasteiger partial charge in [-0.15, -0.1) is 24.2 Å². The number of aromatic nitrogens is 1. The van der Waals surface area contributed by atoms with Crippen LogP contribution >= 0.6 is 11.3 Å². The maximum atomic E-state index is 6.28. The average Bonchev–Trinajstić information content (AvgIpc) is 3.26. The van der Waals surface area contributed by atoms with Gasteiger partial charge in [-0.3, -0.25) is 0 Å². The van der Waals surface area contributed by atoms with E-state index in [1.54, 1.807) is 11.3 Å². The molecule has 0 saturated heterocycles. The van der Waals surface area contributed by atoms with Crippen LogP contribution in [0.3, 0.4) is 0 Å². The van der Waals surface area contributed by atoms with Crippen molar-refractivity contribution in [2.24, 2.45) is 11.7 Å². The summed E-state index contributed by atoms with van der Waals surface area (Å²) < 4.78 is 6.13. The molecule has 0 bridgehead atoms. The van der Waals surface area contributed by atoms with E-state index in [-0.39, 0.29) is 6.04 Å². The first kappa shape index (κ1) is 16.7. The minimum atomic E-state index is 0.0669. The van der Waals surface area contributed by atoms with Crippen LogP contribution in [0.2, 0.25) is 0 Å². The highest BCUT2D eigenvalue weighted by Crippen LogP contribution is 2.36. The predicted molar refractivity (Wildman–Crippen MR) is 106 cm³/mol. The Morgan fingerprint density at radius 1 is 1.38 bits per heavy atom. The zero-order valence-corrected chi connectivity index (χ0v) is 15.1. The van der Waals surface area contributed by atoms with Crippen molar-refractivity contribution in [1.82, 2.24) is 4.98 Å². The summed E-state index contributed by atoms with van der Waals surface area (Å²) in [5, 5.41) is 5.45. The first-order valence-electron chi connectivity index (χ1n) is 8.61. The van der Waals surface area contributed by atoms with Gasteiger partial charge in [0.2, 0.25) is 0 Å². The van der Waals surface area contributed by atoms with Crippen LogP contribution < -0.4 is 11.1 Å². The summed E-state index contributed by atoms with van der Waals surface area (Å²) >= 11 is 1.69. The van der Waals surface area contributed by atoms with Gasteiger partial charge in [0.05, 0.1) is 11.3 Å². The van der Waals surface area contributed by atoms with Crippen LogP contribution in [0, 0.1) is 30.6 Å². The predicted octanol–water partition coefficient (Wildman–Crippen LogP) is 3.74. The van der Waals surface area contributed by atoms with Crippen molar-refractivity contribution >= 4 is 28.1 Å². The van der Waals surface area contributed by atoms with E-state index in [1.165, 1.54) is 17.7 Å². The maximum Gasteiger partial charge on any atom is 0.177 e. The molecule has 1 saturated carbocycles. The molecule has 0 aromatic carbocycles. The monoisotopic (exact) mass is 361 g/mol. The minimum Gasteiger partial charge on any atom is -0.456 e. The first-order valence-corrected chi connectivity index (χ1v) is 9.49. The van der Waals surface area contributed by atoms with Crippen LogP contribution in [0.15, 0.2) is 28.0 Å². The normalized spacial score (nSPS) is 14.7. The number of fused-ring (bicyclic) bond motifs is 1. The van der Waals surface area contributed by atoms with Crippen LogP contribution in [-0.2, 0) is 13.0 Å². The summed E-state index contributed by atoms with van der Waals surface area (Å²) in [6, 6.07) is 5.99. The Kier molecular flexibility index (Phi) is 4.42. The molecule has 3 heterocycles. The molecule has 4 nitrogen and oxygen atoms in total. The lowest BCUT2D eigenvalue weighted by molar-refractivity contribution is 0.490. The highest BCUT2D eigenvalue weighted by molar-refractivity contribution is 7.09. The lowest BCUT2D eigenvalue weighted by Crippen LogP contribution is -2.25. The van der Waals surface area contributed by atoms with E-state index in [9.17, 15) is 0 Å². The Labute approximate surface area is 156 Å². The summed E-state index contributed by atoms with van der Waals surface area (Å²) in [5.74, 6) is 6.62. The van der Waals surface area contributed by atoms with Crippen LogP contribution in [0.5, 0.6) is 0 Å². The topological polar surface area (TPSA) is 64.1 Å². The van der Waals surface area contributed by atoms with Gasteiger partial charge in [0.15, 0.2) is 5.58 Å². The van der Waals surface area contributed by atoms with Crippen molar-refractivity contribution in [3.8, 4) is 24.7 Å². The van der Waals surface area contributed by atoms with E-state index >= 15 is 0 Å². The molecule has 1 fully saturated rings. The van der Waals surface area contributed by atoms with Crippen molar-refractivity contribution in [2.75, 3.05) is 5.32 Å². The number of nitrogens with zero attached hydrogens (tertiary/aromatic N) is 1. The van der Waals surface area contributed by atoms with Crippen LogP contribution in [0.4, 0.5) is 5.69 Å². The van der Waals surface area contributed by atoms with E-state index in [2.05, 4.69) is 28.2 Å². The van der Waals surface area contributed by atoms with Gasteiger partial charge < -0.3 is 15.5 Å². The highest BCUT2D eigenvalue weighted by atomic mass is 32.1. The molecule has 0 aliphatic heterocycles. The molecular weight excluding hydrogens is 342 g/mol. The zero-order chi connectivity index (χ0) is 18.1. The van der Waals surface area contributed by atoms with Gasteiger partial charge in [0, 0.05) is 23.9 Å². The van der Waals surface area contributed by atoms with Crippen molar-refractivity contribution in [2.45, 2.75) is 31.8 Å². The van der Waals surface area contributed by atoms with Crippen molar-refractivity contribution in [1.29, 1.82) is 0 Å². The van der Waals surface area contributed by atoms with Crippen molar-refractivity contribution in [3.05, 3.63) is 45.5 Å². The quantitative estimate of drug-likeness (QED) is 0.657. The number of rotatable bonds is 6. The molecule has 0 spiro atoms. The maximum absolute atomic E-state index is 6.28. The summed E-state index contributed by atoms with van der Waals surface area (Å²) in [7, 11) is 0. The number of thiophene rings is 1. The Hall–Kier alpha value is -2.73. The lowest BCUT2D eigenvalue weighted by Gasteiger charge is -2.07. The van der Waals surface area contributed by atoms with Gasteiger partial charge in [-0.1, -0.05) is 17.9 Å². The molecule has 26 heavy (non-hydrogen) atoms. The molecule has 3 N–H and O–H groups in total. The Balaban J connectivity index is 1.74. The number of anilines is 1. The van der Waals surface area contributed by atoms with Gasteiger partial charge in [-0.25, -0.2) is 4.98 Å². The van der Waals surface area contributed by atoms with Crippen LogP contribution in [0.25, 0.3) is 11.1 Å². The summed E-state index contributed by atoms with van der Waals surface area (Å²) in [6.07, 6.45) is 14.3. The number of hydrogen-bond acceptors (Lipinski definition) is 5. The Bertz CT molecular complexity index is 1020. The number of hydrogen-bond donors (Lipinski definition) is 2. The van der Waals surface area contributed by atoms with Crippen molar-refractivity contribution < 1.29 is 4.42 Å². The van der Waals surface area contributed by atoms with Crippen LogP contribution in [-0.4, -0.2) is 11.0 Å². The minimum absolute atomic E-state index is 0.0669. The number of furan rings is 1. The molecule has 0 radical (unpaired) electrons. The third-order valence-electron chi connectivity index (χ3n) is 4.69. The fourth-order valence-corrected chi connectivity index (χ4v) is 3.76.